The quantitative estimate of drug-likeness (QED) is 0.475. The highest BCUT2D eigenvalue weighted by Gasteiger charge is 2.30. The fourth-order valence-corrected chi connectivity index (χ4v) is 3.44. The molecule has 1 aliphatic rings. The molecule has 1 unspecified atom stereocenters. The fraction of sp³-hybridized carbons (Fsp3) is 0.391. The van der Waals surface area contributed by atoms with E-state index >= 15 is 0 Å². The number of rotatable bonds is 8. The number of urea groups is 1. The normalized spacial score (nSPS) is 15.0. The first-order valence-electron chi connectivity index (χ1n) is 10.6. The maximum absolute atomic E-state index is 12.7. The average Bonchev–Trinajstić information content (AvgIpc) is 3.29. The van der Waals surface area contributed by atoms with Gasteiger partial charge >= 0.3 is 12.2 Å². The van der Waals surface area contributed by atoms with E-state index < -0.39 is 23.9 Å². The highest BCUT2D eigenvalue weighted by atomic mass is 19.4. The third kappa shape index (κ3) is 7.67. The van der Waals surface area contributed by atoms with Crippen LogP contribution in [0.15, 0.2) is 48.5 Å². The van der Waals surface area contributed by atoms with Gasteiger partial charge in [-0.25, -0.2) is 4.79 Å². The Bertz CT molecular complexity index is 945. The van der Waals surface area contributed by atoms with Crippen molar-refractivity contribution < 1.29 is 32.6 Å². The van der Waals surface area contributed by atoms with Gasteiger partial charge in [-0.15, -0.1) is 0 Å². The van der Waals surface area contributed by atoms with Crippen LogP contribution in [-0.2, 0) is 6.18 Å². The molecule has 7 nitrogen and oxygen atoms in total. The SMILES string of the molecule is O=C(NCC(O)COc1cccc(C(F)(F)F)c1)Nc1ccc(C(=O)NC2CCCC2)cc1. The average molecular weight is 465 g/mol. The summed E-state index contributed by atoms with van der Waals surface area (Å²) in [5, 5.41) is 17.9. The van der Waals surface area contributed by atoms with Crippen molar-refractivity contribution in [1.29, 1.82) is 0 Å². The van der Waals surface area contributed by atoms with E-state index in [1.54, 1.807) is 24.3 Å². The highest BCUT2D eigenvalue weighted by molar-refractivity contribution is 5.95. The van der Waals surface area contributed by atoms with E-state index in [0.717, 1.165) is 37.8 Å². The predicted octanol–water partition coefficient (Wildman–Crippen LogP) is 3.94. The largest absolute Gasteiger partial charge is 0.491 e. The molecule has 0 aromatic heterocycles. The van der Waals surface area contributed by atoms with Crippen LogP contribution in [0.5, 0.6) is 5.75 Å². The van der Waals surface area contributed by atoms with Gasteiger partial charge < -0.3 is 25.8 Å². The second-order valence-corrected chi connectivity index (χ2v) is 7.86. The lowest BCUT2D eigenvalue weighted by Crippen LogP contribution is -2.37. The maximum Gasteiger partial charge on any atom is 0.416 e. The predicted molar refractivity (Wildman–Crippen MR) is 116 cm³/mol. The van der Waals surface area contributed by atoms with Gasteiger partial charge in [0.1, 0.15) is 18.5 Å². The number of aliphatic hydroxyl groups is 1. The molecule has 2 aromatic carbocycles. The van der Waals surface area contributed by atoms with E-state index in [1.165, 1.54) is 12.1 Å². The molecule has 4 N–H and O–H groups in total. The van der Waals surface area contributed by atoms with Crippen molar-refractivity contribution in [3.05, 3.63) is 59.7 Å². The smallest absolute Gasteiger partial charge is 0.416 e. The Morgan fingerprint density at radius 3 is 2.45 bits per heavy atom. The Labute approximate surface area is 189 Å². The van der Waals surface area contributed by atoms with Crippen molar-refractivity contribution in [3.63, 3.8) is 0 Å². The van der Waals surface area contributed by atoms with Gasteiger partial charge in [-0.3, -0.25) is 4.79 Å². The molecule has 0 heterocycles. The first-order chi connectivity index (χ1) is 15.7. The Balaban J connectivity index is 1.39. The van der Waals surface area contributed by atoms with Gasteiger partial charge in [-0.2, -0.15) is 13.2 Å². The minimum absolute atomic E-state index is 0.0367. The van der Waals surface area contributed by atoms with Gasteiger partial charge in [-0.1, -0.05) is 18.9 Å². The van der Waals surface area contributed by atoms with Crippen LogP contribution in [0.1, 0.15) is 41.6 Å². The molecule has 0 spiro atoms. The van der Waals surface area contributed by atoms with E-state index in [1.807, 2.05) is 0 Å². The van der Waals surface area contributed by atoms with E-state index in [4.69, 9.17) is 4.74 Å². The molecule has 1 atom stereocenters. The molecule has 0 aliphatic heterocycles. The Morgan fingerprint density at radius 1 is 1.09 bits per heavy atom. The standard InChI is InChI=1S/C23H26F3N3O4/c24-23(25,26)16-4-3-7-20(12-16)33-14-19(30)13-27-22(32)29-18-10-8-15(9-11-18)21(31)28-17-5-1-2-6-17/h3-4,7-12,17,19,30H,1-2,5-6,13-14H2,(H,28,31)(H2,27,29,32). The number of anilines is 1. The third-order valence-corrected chi connectivity index (χ3v) is 5.20. The number of benzene rings is 2. The van der Waals surface area contributed by atoms with Crippen molar-refractivity contribution in [3.8, 4) is 5.75 Å². The molecule has 1 fully saturated rings. The van der Waals surface area contributed by atoms with Crippen LogP contribution in [0.3, 0.4) is 0 Å². The van der Waals surface area contributed by atoms with Crippen LogP contribution in [0.25, 0.3) is 0 Å². The van der Waals surface area contributed by atoms with Crippen molar-refractivity contribution in [2.24, 2.45) is 0 Å². The number of hydrogen-bond acceptors (Lipinski definition) is 4. The van der Waals surface area contributed by atoms with Crippen LogP contribution in [0.4, 0.5) is 23.7 Å². The number of aliphatic hydroxyl groups excluding tert-OH is 1. The molecular weight excluding hydrogens is 439 g/mol. The Hall–Kier alpha value is -3.27. The summed E-state index contributed by atoms with van der Waals surface area (Å²) in [6.45, 7) is -0.473. The van der Waals surface area contributed by atoms with E-state index in [-0.39, 0.29) is 30.9 Å². The molecular formula is C23H26F3N3O4. The van der Waals surface area contributed by atoms with Gasteiger partial charge in [-0.05, 0) is 55.3 Å². The second-order valence-electron chi connectivity index (χ2n) is 7.86. The van der Waals surface area contributed by atoms with E-state index in [9.17, 15) is 27.9 Å². The zero-order valence-corrected chi connectivity index (χ0v) is 17.8. The van der Waals surface area contributed by atoms with Crippen LogP contribution >= 0.6 is 0 Å². The highest BCUT2D eigenvalue weighted by Crippen LogP contribution is 2.31. The lowest BCUT2D eigenvalue weighted by molar-refractivity contribution is -0.137. The first-order valence-corrected chi connectivity index (χ1v) is 10.6. The molecule has 2 aromatic rings. The molecule has 0 bridgehead atoms. The minimum Gasteiger partial charge on any atom is -0.491 e. The van der Waals surface area contributed by atoms with E-state index in [2.05, 4.69) is 16.0 Å². The molecule has 10 heteroatoms. The monoisotopic (exact) mass is 465 g/mol. The fourth-order valence-electron chi connectivity index (χ4n) is 3.44. The second kappa shape index (κ2) is 11.0. The number of nitrogens with one attached hydrogen (secondary N) is 3. The van der Waals surface area contributed by atoms with Gasteiger partial charge in [0.25, 0.3) is 5.91 Å². The minimum atomic E-state index is -4.49. The van der Waals surface area contributed by atoms with Gasteiger partial charge in [0, 0.05) is 23.8 Å². The summed E-state index contributed by atoms with van der Waals surface area (Å²) >= 11 is 0. The topological polar surface area (TPSA) is 99.7 Å². The number of amides is 3. The van der Waals surface area contributed by atoms with Crippen LogP contribution < -0.4 is 20.7 Å². The number of ether oxygens (including phenoxy) is 1. The zero-order valence-electron chi connectivity index (χ0n) is 17.8. The molecule has 33 heavy (non-hydrogen) atoms. The van der Waals surface area contributed by atoms with Gasteiger partial charge in [0.15, 0.2) is 0 Å². The number of hydrogen-bond donors (Lipinski definition) is 4. The first kappa shape index (κ1) is 24.4. The number of carbonyl (C=O) groups excluding carboxylic acids is 2. The van der Waals surface area contributed by atoms with E-state index in [0.29, 0.717) is 11.3 Å². The number of halogens is 3. The Morgan fingerprint density at radius 2 is 1.79 bits per heavy atom. The lowest BCUT2D eigenvalue weighted by atomic mass is 10.1. The summed E-state index contributed by atoms with van der Waals surface area (Å²) in [5.74, 6) is -0.188. The van der Waals surface area contributed by atoms with Crippen LogP contribution in [-0.4, -0.2) is 42.3 Å². The summed E-state index contributed by atoms with van der Waals surface area (Å²) in [6.07, 6.45) is -1.41. The Kier molecular flexibility index (Phi) is 8.16. The van der Waals surface area contributed by atoms with Crippen molar-refractivity contribution in [2.75, 3.05) is 18.5 Å². The summed E-state index contributed by atoms with van der Waals surface area (Å²) in [5.41, 5.74) is 0.101. The zero-order chi connectivity index (χ0) is 23.8. The molecule has 0 radical (unpaired) electrons. The van der Waals surface area contributed by atoms with Crippen molar-refractivity contribution in [1.82, 2.24) is 10.6 Å². The third-order valence-electron chi connectivity index (χ3n) is 5.20. The lowest BCUT2D eigenvalue weighted by Gasteiger charge is -2.15. The molecule has 178 valence electrons. The summed E-state index contributed by atoms with van der Waals surface area (Å²) in [6, 6.07) is 10.3. The molecule has 1 saturated carbocycles. The molecule has 0 saturated heterocycles. The number of carbonyl (C=O) groups is 2. The van der Waals surface area contributed by atoms with Crippen LogP contribution in [0.2, 0.25) is 0 Å². The van der Waals surface area contributed by atoms with Crippen molar-refractivity contribution >= 4 is 17.6 Å². The summed E-state index contributed by atoms with van der Waals surface area (Å²) < 4.78 is 43.3. The van der Waals surface area contributed by atoms with Gasteiger partial charge in [0.2, 0.25) is 0 Å². The van der Waals surface area contributed by atoms with Crippen molar-refractivity contribution in [2.45, 2.75) is 44.0 Å². The number of alkyl halides is 3. The molecule has 3 amide bonds. The van der Waals surface area contributed by atoms with Crippen LogP contribution in [0, 0.1) is 0 Å². The maximum atomic E-state index is 12.7. The summed E-state index contributed by atoms with van der Waals surface area (Å²) in [4.78, 5) is 24.3. The molecule has 3 rings (SSSR count). The molecule has 1 aliphatic carbocycles. The summed E-state index contributed by atoms with van der Waals surface area (Å²) in [7, 11) is 0. The van der Waals surface area contributed by atoms with Gasteiger partial charge in [0.05, 0.1) is 5.56 Å².